The van der Waals surface area contributed by atoms with Crippen LogP contribution in [0, 0.1) is 6.92 Å². The third-order valence-electron chi connectivity index (χ3n) is 4.88. The number of amides is 1. The number of hydrogen-bond acceptors (Lipinski definition) is 4. The van der Waals surface area contributed by atoms with Gasteiger partial charge in [-0.1, -0.05) is 30.3 Å². The zero-order valence-electron chi connectivity index (χ0n) is 17.6. The number of nitrogens with zero attached hydrogens (tertiary/aromatic N) is 4. The molecule has 0 aliphatic heterocycles. The quantitative estimate of drug-likeness (QED) is 0.437. The van der Waals surface area contributed by atoms with E-state index in [-0.39, 0.29) is 18.2 Å². The van der Waals surface area contributed by atoms with E-state index < -0.39 is 17.6 Å². The summed E-state index contributed by atoms with van der Waals surface area (Å²) < 4.78 is 46.8. The van der Waals surface area contributed by atoms with Crippen LogP contribution in [0.3, 0.4) is 0 Å². The van der Waals surface area contributed by atoms with Crippen molar-refractivity contribution in [2.75, 3.05) is 5.32 Å². The minimum Gasteiger partial charge on any atom is -0.471 e. The van der Waals surface area contributed by atoms with Gasteiger partial charge in [0.05, 0.1) is 24.0 Å². The van der Waals surface area contributed by atoms with Crippen LogP contribution in [0.1, 0.15) is 27.2 Å². The molecule has 2 heterocycles. The van der Waals surface area contributed by atoms with Crippen molar-refractivity contribution in [1.29, 1.82) is 0 Å². The Hall–Kier alpha value is -4.08. The van der Waals surface area contributed by atoms with Gasteiger partial charge >= 0.3 is 6.18 Å². The van der Waals surface area contributed by atoms with Crippen molar-refractivity contribution in [3.05, 3.63) is 95.6 Å². The van der Waals surface area contributed by atoms with E-state index in [0.717, 1.165) is 23.3 Å². The van der Waals surface area contributed by atoms with Crippen molar-refractivity contribution >= 4 is 11.6 Å². The number of alkyl halides is 3. The maximum atomic E-state index is 12.8. The Balaban J connectivity index is 1.34. The normalized spacial score (nSPS) is 11.4. The van der Waals surface area contributed by atoms with Crippen molar-refractivity contribution in [2.45, 2.75) is 26.4 Å². The van der Waals surface area contributed by atoms with Gasteiger partial charge in [-0.25, -0.2) is 4.68 Å². The molecule has 0 saturated carbocycles. The van der Waals surface area contributed by atoms with Gasteiger partial charge in [0.15, 0.2) is 12.4 Å². The molecule has 1 N–H and O–H groups in total. The lowest BCUT2D eigenvalue weighted by atomic mass is 10.1. The molecular weight excluding hydrogens is 435 g/mol. The molecule has 0 saturated heterocycles. The minimum absolute atomic E-state index is 0.0485. The fraction of sp³-hybridized carbons (Fsp3) is 0.174. The second-order valence-electron chi connectivity index (χ2n) is 7.35. The standard InChI is InChI=1S/C23H20F3N5O2/c1-16-5-2-3-6-17(16)13-31-14-19(12-27-31)28-22(32)21-9-10-30(29-21)15-33-20-8-4-7-18(11-20)23(24,25)26/h2-12,14H,13,15H2,1H3,(H,28,32). The van der Waals surface area contributed by atoms with Crippen LogP contribution in [0.2, 0.25) is 0 Å². The lowest BCUT2D eigenvalue weighted by Crippen LogP contribution is -2.14. The molecule has 4 aromatic rings. The van der Waals surface area contributed by atoms with Crippen molar-refractivity contribution in [3.8, 4) is 5.75 Å². The number of aromatic nitrogens is 4. The number of nitrogens with one attached hydrogen (secondary N) is 1. The first-order valence-electron chi connectivity index (χ1n) is 10.00. The molecule has 0 radical (unpaired) electrons. The van der Waals surface area contributed by atoms with Crippen LogP contribution in [-0.2, 0) is 19.5 Å². The van der Waals surface area contributed by atoms with Gasteiger partial charge in [0.2, 0.25) is 0 Å². The van der Waals surface area contributed by atoms with Crippen LogP contribution in [0.5, 0.6) is 5.75 Å². The highest BCUT2D eigenvalue weighted by Gasteiger charge is 2.30. The average molecular weight is 455 g/mol. The molecule has 4 rings (SSSR count). The summed E-state index contributed by atoms with van der Waals surface area (Å²) in [5.41, 5.74) is 2.12. The van der Waals surface area contributed by atoms with Crippen LogP contribution < -0.4 is 10.1 Å². The first kappa shape index (κ1) is 22.1. The number of aryl methyl sites for hydroxylation is 1. The van der Waals surface area contributed by atoms with Gasteiger partial charge in [-0.3, -0.25) is 9.48 Å². The largest absolute Gasteiger partial charge is 0.471 e. The van der Waals surface area contributed by atoms with Gasteiger partial charge < -0.3 is 10.1 Å². The molecule has 2 aromatic carbocycles. The zero-order chi connectivity index (χ0) is 23.4. The molecule has 7 nitrogen and oxygen atoms in total. The highest BCUT2D eigenvalue weighted by molar-refractivity contribution is 6.02. The molecule has 0 atom stereocenters. The van der Waals surface area contributed by atoms with Gasteiger partial charge in [-0.15, -0.1) is 0 Å². The summed E-state index contributed by atoms with van der Waals surface area (Å²) in [5, 5.41) is 11.1. The molecule has 1 amide bonds. The summed E-state index contributed by atoms with van der Waals surface area (Å²) in [4.78, 5) is 12.5. The number of ether oxygens (including phenoxy) is 1. The van der Waals surface area contributed by atoms with E-state index in [1.807, 2.05) is 31.2 Å². The maximum absolute atomic E-state index is 12.8. The minimum atomic E-state index is -4.45. The van der Waals surface area contributed by atoms with Crippen molar-refractivity contribution in [3.63, 3.8) is 0 Å². The second-order valence-corrected chi connectivity index (χ2v) is 7.35. The van der Waals surface area contributed by atoms with E-state index in [1.54, 1.807) is 17.1 Å². The van der Waals surface area contributed by atoms with E-state index >= 15 is 0 Å². The van der Waals surface area contributed by atoms with Crippen molar-refractivity contribution in [2.24, 2.45) is 0 Å². The number of carbonyl (C=O) groups excluding carboxylic acids is 1. The summed E-state index contributed by atoms with van der Waals surface area (Å²) >= 11 is 0. The molecule has 10 heteroatoms. The third kappa shape index (κ3) is 5.59. The van der Waals surface area contributed by atoms with Gasteiger partial charge in [-0.05, 0) is 42.3 Å². The highest BCUT2D eigenvalue weighted by Crippen LogP contribution is 2.31. The molecule has 170 valence electrons. The van der Waals surface area contributed by atoms with Crippen LogP contribution in [-0.4, -0.2) is 25.5 Å². The van der Waals surface area contributed by atoms with E-state index in [0.29, 0.717) is 12.2 Å². The van der Waals surface area contributed by atoms with Crippen LogP contribution in [0.25, 0.3) is 0 Å². The van der Waals surface area contributed by atoms with Crippen LogP contribution >= 0.6 is 0 Å². The smallest absolute Gasteiger partial charge is 0.416 e. The van der Waals surface area contributed by atoms with Crippen molar-refractivity contribution in [1.82, 2.24) is 19.6 Å². The summed E-state index contributed by atoms with van der Waals surface area (Å²) in [6, 6.07) is 14.0. The molecule has 0 spiro atoms. The second kappa shape index (κ2) is 9.19. The van der Waals surface area contributed by atoms with E-state index in [9.17, 15) is 18.0 Å². The van der Waals surface area contributed by atoms with E-state index in [4.69, 9.17) is 4.74 Å². The number of rotatable bonds is 7. The molecule has 0 fully saturated rings. The summed E-state index contributed by atoms with van der Waals surface area (Å²) in [6.07, 6.45) is 0.316. The maximum Gasteiger partial charge on any atom is 0.416 e. The SMILES string of the molecule is Cc1ccccc1Cn1cc(NC(=O)c2ccn(COc3cccc(C(F)(F)F)c3)n2)cn1. The number of halogens is 3. The topological polar surface area (TPSA) is 74.0 Å². The number of anilines is 1. The summed E-state index contributed by atoms with van der Waals surface area (Å²) in [7, 11) is 0. The van der Waals surface area contributed by atoms with Gasteiger partial charge in [0, 0.05) is 12.4 Å². The fourth-order valence-electron chi connectivity index (χ4n) is 3.13. The Labute approximate surface area is 187 Å². The predicted octanol–water partition coefficient (Wildman–Crippen LogP) is 4.74. The van der Waals surface area contributed by atoms with E-state index in [2.05, 4.69) is 15.5 Å². The Morgan fingerprint density at radius 1 is 1.09 bits per heavy atom. The average Bonchev–Trinajstić information content (AvgIpc) is 3.43. The van der Waals surface area contributed by atoms with Crippen LogP contribution in [0.4, 0.5) is 18.9 Å². The third-order valence-corrected chi connectivity index (χ3v) is 4.88. The number of benzene rings is 2. The fourth-order valence-corrected chi connectivity index (χ4v) is 3.13. The monoisotopic (exact) mass is 455 g/mol. The van der Waals surface area contributed by atoms with Crippen molar-refractivity contribution < 1.29 is 22.7 Å². The Bertz CT molecular complexity index is 1260. The highest BCUT2D eigenvalue weighted by atomic mass is 19.4. The first-order valence-corrected chi connectivity index (χ1v) is 10.00. The van der Waals surface area contributed by atoms with Gasteiger partial charge in [-0.2, -0.15) is 23.4 Å². The van der Waals surface area contributed by atoms with E-state index in [1.165, 1.54) is 29.1 Å². The van der Waals surface area contributed by atoms with Gasteiger partial charge in [0.1, 0.15) is 5.75 Å². The Morgan fingerprint density at radius 2 is 1.91 bits per heavy atom. The van der Waals surface area contributed by atoms with Crippen LogP contribution in [0.15, 0.2) is 73.2 Å². The molecule has 0 bridgehead atoms. The number of hydrogen-bond donors (Lipinski definition) is 1. The lowest BCUT2D eigenvalue weighted by Gasteiger charge is -2.10. The lowest BCUT2D eigenvalue weighted by molar-refractivity contribution is -0.137. The predicted molar refractivity (Wildman–Crippen MR) is 115 cm³/mol. The Kier molecular flexibility index (Phi) is 6.16. The summed E-state index contributed by atoms with van der Waals surface area (Å²) in [5.74, 6) is -0.393. The molecule has 2 aromatic heterocycles. The summed E-state index contributed by atoms with van der Waals surface area (Å²) in [6.45, 7) is 2.45. The molecule has 0 aliphatic rings. The molecule has 0 unspecified atom stereocenters. The molecule has 0 aliphatic carbocycles. The zero-order valence-corrected chi connectivity index (χ0v) is 17.6. The van der Waals surface area contributed by atoms with Gasteiger partial charge in [0.25, 0.3) is 5.91 Å². The molecule has 33 heavy (non-hydrogen) atoms. The first-order chi connectivity index (χ1) is 15.8. The number of carbonyl (C=O) groups is 1. The molecular formula is C23H20F3N5O2. The Morgan fingerprint density at radius 3 is 2.70 bits per heavy atom.